The average molecular weight is 555 g/mol. The molecule has 4 aromatic rings. The molecule has 141 valence electrons. The second kappa shape index (κ2) is 7.39. The van der Waals surface area contributed by atoms with Crippen molar-refractivity contribution in [2.24, 2.45) is 0 Å². The van der Waals surface area contributed by atoms with Crippen molar-refractivity contribution in [1.29, 1.82) is 0 Å². The van der Waals surface area contributed by atoms with Crippen molar-refractivity contribution in [2.75, 3.05) is 4.90 Å². The van der Waals surface area contributed by atoms with E-state index < -0.39 is 0 Å². The molecule has 3 nitrogen and oxygen atoms in total. The van der Waals surface area contributed by atoms with E-state index in [2.05, 4.69) is 28.1 Å². The van der Waals surface area contributed by atoms with Crippen LogP contribution in [0.1, 0.15) is 20.7 Å². The zero-order valence-electron chi connectivity index (χ0n) is 15.1. The maximum atomic E-state index is 13.2. The van der Waals surface area contributed by atoms with Crippen LogP contribution in [0.2, 0.25) is 0 Å². The topological polar surface area (TPSA) is 40.2 Å². The molecule has 5 heteroatoms. The van der Waals surface area contributed by atoms with Crippen molar-refractivity contribution >= 4 is 44.2 Å². The van der Waals surface area contributed by atoms with E-state index in [0.717, 1.165) is 15.2 Å². The van der Waals surface area contributed by atoms with Crippen molar-refractivity contribution in [3.63, 3.8) is 0 Å². The van der Waals surface area contributed by atoms with E-state index in [1.165, 1.54) is 12.0 Å². The molecule has 0 saturated heterocycles. The van der Waals surface area contributed by atoms with Crippen LogP contribution >= 0.6 is 15.9 Å². The Morgan fingerprint density at radius 3 is 2.24 bits per heavy atom. The summed E-state index contributed by atoms with van der Waals surface area (Å²) in [6.45, 7) is 0. The molecule has 0 aliphatic carbocycles. The number of rotatable bonds is 3. The molecule has 0 fully saturated rings. The number of hydrogen-bond donors (Lipinski definition) is 0. The molecular formula is C24H14BrINO2. The molecule has 0 unspecified atom stereocenters. The van der Waals surface area contributed by atoms with Gasteiger partial charge in [0.05, 0.1) is 0 Å². The summed E-state index contributed by atoms with van der Waals surface area (Å²) in [6, 6.07) is 27.4. The number of nitrogens with zero attached hydrogens (tertiary/aromatic N) is 1. The third-order valence-electron chi connectivity index (χ3n) is 4.89. The third kappa shape index (κ3) is 3.18. The summed E-state index contributed by atoms with van der Waals surface area (Å²) in [5.74, 6) is -0.562. The Bertz CT molecular complexity index is 1250. The zero-order chi connectivity index (χ0) is 20.0. The van der Waals surface area contributed by atoms with Gasteiger partial charge in [0.25, 0.3) is 0 Å². The quantitative estimate of drug-likeness (QED) is 0.222. The van der Waals surface area contributed by atoms with Gasteiger partial charge in [0, 0.05) is 0 Å². The average Bonchev–Trinajstić information content (AvgIpc) is 2.75. The van der Waals surface area contributed by atoms with E-state index in [9.17, 15) is 9.59 Å². The standard InChI is InChI=1S/C24H14BrINO2/c25-21-14-13-20-22-18(21)7-4-8-19(22)23(28)27(24(20)29)17-11-9-16(10-12-17)26-15-5-2-1-3-6-15/h1-14H. The molecule has 4 aromatic carbocycles. The molecule has 0 spiro atoms. The van der Waals surface area contributed by atoms with Gasteiger partial charge in [-0.3, -0.25) is 0 Å². The van der Waals surface area contributed by atoms with Crippen LogP contribution in [-0.4, -0.2) is 11.8 Å². The second-order valence-corrected chi connectivity index (χ2v) is 10.5. The number of anilines is 1. The van der Waals surface area contributed by atoms with E-state index in [-0.39, 0.29) is 33.0 Å². The Kier molecular flexibility index (Phi) is 4.72. The molecule has 0 N–H and O–H groups in total. The number of carbonyl (C=O) groups is 2. The number of carbonyl (C=O) groups excluding carboxylic acids is 2. The molecular weight excluding hydrogens is 541 g/mol. The molecule has 1 aliphatic rings. The minimum atomic E-state index is -0.294. The van der Waals surface area contributed by atoms with Crippen LogP contribution in [0.4, 0.5) is 5.69 Å². The van der Waals surface area contributed by atoms with Crippen LogP contribution in [0.25, 0.3) is 10.8 Å². The number of hydrogen-bond acceptors (Lipinski definition) is 2. The molecule has 5 rings (SSSR count). The van der Waals surface area contributed by atoms with Crippen molar-refractivity contribution in [3.8, 4) is 0 Å². The van der Waals surface area contributed by atoms with Crippen molar-refractivity contribution in [2.45, 2.75) is 0 Å². The van der Waals surface area contributed by atoms with E-state index >= 15 is 0 Å². The molecule has 0 aromatic heterocycles. The van der Waals surface area contributed by atoms with Crippen LogP contribution in [0.3, 0.4) is 0 Å². The molecule has 29 heavy (non-hydrogen) atoms. The molecule has 2 amide bonds. The zero-order valence-corrected chi connectivity index (χ0v) is 18.8. The molecule has 1 radical (unpaired) electrons. The monoisotopic (exact) mass is 554 g/mol. The fraction of sp³-hybridized carbons (Fsp3) is 0. The van der Waals surface area contributed by atoms with Crippen LogP contribution in [0.5, 0.6) is 0 Å². The van der Waals surface area contributed by atoms with Crippen LogP contribution in [0.15, 0.2) is 89.4 Å². The normalized spacial score (nSPS) is 13.3. The summed E-state index contributed by atoms with van der Waals surface area (Å²) >= 11 is 3.23. The molecule has 0 bridgehead atoms. The van der Waals surface area contributed by atoms with E-state index in [1.54, 1.807) is 12.1 Å². The van der Waals surface area contributed by atoms with E-state index in [0.29, 0.717) is 16.8 Å². The van der Waals surface area contributed by atoms with Gasteiger partial charge in [-0.05, 0) is 0 Å². The molecule has 1 aliphatic heterocycles. The maximum absolute atomic E-state index is 13.2. The summed E-state index contributed by atoms with van der Waals surface area (Å²) in [4.78, 5) is 27.7. The van der Waals surface area contributed by atoms with Gasteiger partial charge in [0.1, 0.15) is 0 Å². The summed E-state index contributed by atoms with van der Waals surface area (Å²) < 4.78 is 3.44. The van der Waals surface area contributed by atoms with Crippen LogP contribution in [-0.2, 0) is 0 Å². The first-order chi connectivity index (χ1) is 14.1. The van der Waals surface area contributed by atoms with Gasteiger partial charge >= 0.3 is 188 Å². The van der Waals surface area contributed by atoms with Crippen molar-refractivity contribution in [3.05, 3.63) is 108 Å². The summed E-state index contributed by atoms with van der Waals surface area (Å²) in [6.07, 6.45) is 0. The number of benzene rings is 4. The Morgan fingerprint density at radius 1 is 0.759 bits per heavy atom. The number of imide groups is 1. The predicted octanol–water partition coefficient (Wildman–Crippen LogP) is 2.53. The van der Waals surface area contributed by atoms with Crippen LogP contribution < -0.4 is 26.1 Å². The van der Waals surface area contributed by atoms with Gasteiger partial charge in [-0.15, -0.1) is 0 Å². The summed E-state index contributed by atoms with van der Waals surface area (Å²) in [7, 11) is 0. The SMILES string of the molecule is O=C1c2cccc3c(Br)ccc(c23)C(=[O+])N1c1ccc([I-]c2ccccc2)cc1. The van der Waals surface area contributed by atoms with Crippen molar-refractivity contribution < 1.29 is 30.8 Å². The Morgan fingerprint density at radius 2 is 1.48 bits per heavy atom. The third-order valence-corrected chi connectivity index (χ3v) is 8.27. The van der Waals surface area contributed by atoms with Gasteiger partial charge in [-0.25, -0.2) is 0 Å². The number of halogens is 2. The van der Waals surface area contributed by atoms with Gasteiger partial charge in [-0.1, -0.05) is 0 Å². The van der Waals surface area contributed by atoms with E-state index in [4.69, 9.17) is 0 Å². The predicted molar refractivity (Wildman–Crippen MR) is 113 cm³/mol. The molecule has 0 atom stereocenters. The fourth-order valence-electron chi connectivity index (χ4n) is 3.55. The van der Waals surface area contributed by atoms with Gasteiger partial charge in [-0.2, -0.15) is 0 Å². The van der Waals surface area contributed by atoms with Crippen molar-refractivity contribution in [1.82, 2.24) is 0 Å². The van der Waals surface area contributed by atoms with E-state index in [1.807, 2.05) is 60.7 Å². The Hall–Kier alpha value is -2.51. The summed E-state index contributed by atoms with van der Waals surface area (Å²) in [5.41, 5.74) is 1.71. The molecule has 1 heterocycles. The minimum absolute atomic E-state index is 0.281. The second-order valence-electron chi connectivity index (χ2n) is 6.64. The first-order valence-electron chi connectivity index (χ1n) is 9.03. The van der Waals surface area contributed by atoms with Gasteiger partial charge in [0.2, 0.25) is 0 Å². The summed E-state index contributed by atoms with van der Waals surface area (Å²) in [5, 5.41) is 1.60. The Balaban J connectivity index is 1.53. The first-order valence-corrected chi connectivity index (χ1v) is 12.0. The van der Waals surface area contributed by atoms with Gasteiger partial charge < -0.3 is 0 Å². The number of amides is 2. The Labute approximate surface area is 186 Å². The van der Waals surface area contributed by atoms with Gasteiger partial charge in [0.15, 0.2) is 0 Å². The first kappa shape index (κ1) is 18.5. The fourth-order valence-corrected chi connectivity index (χ4v) is 6.23. The van der Waals surface area contributed by atoms with Crippen LogP contribution in [0, 0.1) is 7.14 Å². The molecule has 0 saturated carbocycles.